The first-order valence-corrected chi connectivity index (χ1v) is 17.5. The van der Waals surface area contributed by atoms with Crippen LogP contribution < -0.4 is 4.90 Å². The van der Waals surface area contributed by atoms with E-state index in [9.17, 15) is 0 Å². The summed E-state index contributed by atoms with van der Waals surface area (Å²) < 4.78 is 0. The van der Waals surface area contributed by atoms with E-state index in [1.807, 2.05) is 0 Å². The van der Waals surface area contributed by atoms with Crippen molar-refractivity contribution in [3.8, 4) is 44.5 Å². The highest BCUT2D eigenvalue weighted by molar-refractivity contribution is 5.90. The van der Waals surface area contributed by atoms with Gasteiger partial charge >= 0.3 is 0 Å². The average Bonchev–Trinajstić information content (AvgIpc) is 3.22. The van der Waals surface area contributed by atoms with Gasteiger partial charge in [-0.25, -0.2) is 0 Å². The molecule has 1 nitrogen and oxygen atoms in total. The predicted octanol–water partition coefficient (Wildman–Crippen LogP) is 14.1. The van der Waals surface area contributed by atoms with E-state index in [0.717, 1.165) is 17.1 Å². The third kappa shape index (κ3) is 6.18. The zero-order valence-corrected chi connectivity index (χ0v) is 28.2. The number of benzene rings is 9. The van der Waals surface area contributed by atoms with Crippen LogP contribution in [-0.2, 0) is 0 Å². The van der Waals surface area contributed by atoms with Crippen molar-refractivity contribution in [2.75, 3.05) is 4.90 Å². The maximum absolute atomic E-state index is 2.35. The maximum atomic E-state index is 2.35. The van der Waals surface area contributed by atoms with Crippen molar-refractivity contribution >= 4 is 38.6 Å². The summed E-state index contributed by atoms with van der Waals surface area (Å²) in [4.78, 5) is 2.35. The standard InChI is InChI=1S/C50H35N/c1-2-9-36(10-3-1)40-25-29-48(30-26-40)51(50-16-8-15-45(35-50)47-24-22-38-12-5-7-14-44(38)34-47)49-31-27-41(28-32-49)39-17-19-42(20-18-39)46-23-21-37-11-4-6-13-43(37)33-46/h1-35H. The van der Waals surface area contributed by atoms with Gasteiger partial charge < -0.3 is 4.90 Å². The highest BCUT2D eigenvalue weighted by Crippen LogP contribution is 2.39. The quantitative estimate of drug-likeness (QED) is 0.166. The van der Waals surface area contributed by atoms with E-state index in [0.29, 0.717) is 0 Å². The maximum Gasteiger partial charge on any atom is 0.0467 e. The van der Waals surface area contributed by atoms with E-state index in [4.69, 9.17) is 0 Å². The molecule has 0 saturated carbocycles. The second kappa shape index (κ2) is 13.3. The van der Waals surface area contributed by atoms with Crippen LogP contribution >= 0.6 is 0 Å². The molecule has 0 atom stereocenters. The molecule has 0 saturated heterocycles. The molecule has 0 unspecified atom stereocenters. The summed E-state index contributed by atoms with van der Waals surface area (Å²) in [7, 11) is 0. The minimum absolute atomic E-state index is 1.11. The molecule has 0 spiro atoms. The molecule has 9 aromatic carbocycles. The topological polar surface area (TPSA) is 3.24 Å². The Labute approximate surface area is 299 Å². The van der Waals surface area contributed by atoms with E-state index in [1.54, 1.807) is 0 Å². The summed E-state index contributed by atoms with van der Waals surface area (Å²) in [6, 6.07) is 76.7. The molecule has 0 aliphatic heterocycles. The molecule has 0 aromatic heterocycles. The van der Waals surface area contributed by atoms with Crippen molar-refractivity contribution in [3.05, 3.63) is 212 Å². The van der Waals surface area contributed by atoms with Crippen LogP contribution in [0.2, 0.25) is 0 Å². The minimum Gasteiger partial charge on any atom is -0.310 e. The number of hydrogen-bond donors (Lipinski definition) is 0. The van der Waals surface area contributed by atoms with Gasteiger partial charge in [-0.1, -0.05) is 164 Å². The van der Waals surface area contributed by atoms with Crippen LogP contribution in [0, 0.1) is 0 Å². The monoisotopic (exact) mass is 649 g/mol. The summed E-state index contributed by atoms with van der Waals surface area (Å²) in [6.07, 6.45) is 0. The van der Waals surface area contributed by atoms with Crippen LogP contribution in [0.1, 0.15) is 0 Å². The van der Waals surface area contributed by atoms with Crippen molar-refractivity contribution in [2.24, 2.45) is 0 Å². The van der Waals surface area contributed by atoms with Crippen molar-refractivity contribution < 1.29 is 0 Å². The molecule has 0 radical (unpaired) electrons. The zero-order valence-electron chi connectivity index (χ0n) is 28.2. The lowest BCUT2D eigenvalue weighted by molar-refractivity contribution is 1.28. The second-order valence-corrected chi connectivity index (χ2v) is 13.0. The second-order valence-electron chi connectivity index (χ2n) is 13.0. The fourth-order valence-corrected chi connectivity index (χ4v) is 7.10. The van der Waals surface area contributed by atoms with Gasteiger partial charge in [0.05, 0.1) is 0 Å². The van der Waals surface area contributed by atoms with Gasteiger partial charge in [-0.3, -0.25) is 0 Å². The zero-order chi connectivity index (χ0) is 34.0. The Kier molecular flexibility index (Phi) is 7.92. The number of anilines is 3. The molecule has 0 heterocycles. The smallest absolute Gasteiger partial charge is 0.0467 e. The van der Waals surface area contributed by atoms with Crippen molar-refractivity contribution in [1.82, 2.24) is 0 Å². The highest BCUT2D eigenvalue weighted by atomic mass is 15.1. The summed E-state index contributed by atoms with van der Waals surface area (Å²) in [6.45, 7) is 0. The molecule has 9 rings (SSSR count). The van der Waals surface area contributed by atoms with E-state index in [-0.39, 0.29) is 0 Å². The molecule has 0 aliphatic rings. The Morgan fingerprint density at radius 2 is 0.549 bits per heavy atom. The average molecular weight is 650 g/mol. The summed E-state index contributed by atoms with van der Waals surface area (Å²) in [5, 5.41) is 5.02. The Bertz CT molecular complexity index is 2600. The van der Waals surface area contributed by atoms with Gasteiger partial charge in [0.15, 0.2) is 0 Å². The first-order chi connectivity index (χ1) is 25.2. The van der Waals surface area contributed by atoms with Gasteiger partial charge in [-0.15, -0.1) is 0 Å². The fourth-order valence-electron chi connectivity index (χ4n) is 7.10. The van der Waals surface area contributed by atoms with Gasteiger partial charge in [-0.2, -0.15) is 0 Å². The molecule has 0 fully saturated rings. The van der Waals surface area contributed by atoms with Crippen molar-refractivity contribution in [2.45, 2.75) is 0 Å². The first kappa shape index (κ1) is 30.4. The Balaban J connectivity index is 1.06. The van der Waals surface area contributed by atoms with Crippen molar-refractivity contribution in [3.63, 3.8) is 0 Å². The summed E-state index contributed by atoms with van der Waals surface area (Å²) in [5.74, 6) is 0. The summed E-state index contributed by atoms with van der Waals surface area (Å²) in [5.41, 5.74) is 13.0. The lowest BCUT2D eigenvalue weighted by atomic mass is 9.98. The number of fused-ring (bicyclic) bond motifs is 2. The molecule has 0 amide bonds. The Morgan fingerprint density at radius 1 is 0.196 bits per heavy atom. The third-order valence-corrected chi connectivity index (χ3v) is 9.85. The molecular weight excluding hydrogens is 615 g/mol. The van der Waals surface area contributed by atoms with E-state index in [1.165, 1.54) is 66.1 Å². The summed E-state index contributed by atoms with van der Waals surface area (Å²) >= 11 is 0. The van der Waals surface area contributed by atoms with E-state index in [2.05, 4.69) is 217 Å². The van der Waals surface area contributed by atoms with E-state index >= 15 is 0 Å². The van der Waals surface area contributed by atoms with Gasteiger partial charge in [0, 0.05) is 17.1 Å². The SMILES string of the molecule is c1ccc(-c2ccc(N(c3ccc(-c4ccc(-c5ccc6ccccc6c5)cc4)cc3)c3cccc(-c4ccc5ccccc5c4)c3)cc2)cc1. The predicted molar refractivity (Wildman–Crippen MR) is 218 cm³/mol. The molecule has 9 aromatic rings. The molecular formula is C50H35N. The highest BCUT2D eigenvalue weighted by Gasteiger charge is 2.15. The number of nitrogens with zero attached hydrogens (tertiary/aromatic N) is 1. The van der Waals surface area contributed by atoms with Gasteiger partial charge in [0.2, 0.25) is 0 Å². The lowest BCUT2D eigenvalue weighted by Gasteiger charge is -2.26. The van der Waals surface area contributed by atoms with E-state index < -0.39 is 0 Å². The Morgan fingerprint density at radius 3 is 1.08 bits per heavy atom. The Hall–Kier alpha value is -6.70. The van der Waals surface area contributed by atoms with Crippen molar-refractivity contribution in [1.29, 1.82) is 0 Å². The number of rotatable bonds is 7. The lowest BCUT2D eigenvalue weighted by Crippen LogP contribution is -2.10. The molecule has 0 aliphatic carbocycles. The van der Waals surface area contributed by atoms with Gasteiger partial charge in [-0.05, 0) is 115 Å². The third-order valence-electron chi connectivity index (χ3n) is 9.85. The molecule has 0 N–H and O–H groups in total. The van der Waals surface area contributed by atoms with Gasteiger partial charge in [0.1, 0.15) is 0 Å². The fraction of sp³-hybridized carbons (Fsp3) is 0. The molecule has 51 heavy (non-hydrogen) atoms. The first-order valence-electron chi connectivity index (χ1n) is 17.5. The van der Waals surface area contributed by atoms with Crippen LogP contribution in [0.25, 0.3) is 66.1 Å². The van der Waals surface area contributed by atoms with Crippen LogP contribution in [-0.4, -0.2) is 0 Å². The van der Waals surface area contributed by atoms with Crippen LogP contribution in [0.4, 0.5) is 17.1 Å². The van der Waals surface area contributed by atoms with Crippen LogP contribution in [0.3, 0.4) is 0 Å². The molecule has 0 bridgehead atoms. The number of hydrogen-bond acceptors (Lipinski definition) is 1. The normalized spacial score (nSPS) is 11.1. The minimum atomic E-state index is 1.11. The molecule has 240 valence electrons. The van der Waals surface area contributed by atoms with Crippen LogP contribution in [0.15, 0.2) is 212 Å². The van der Waals surface area contributed by atoms with Gasteiger partial charge in [0.25, 0.3) is 0 Å². The largest absolute Gasteiger partial charge is 0.310 e. The van der Waals surface area contributed by atoms with Crippen LogP contribution in [0.5, 0.6) is 0 Å². The molecule has 1 heteroatoms.